The minimum atomic E-state index is 0.0209. The van der Waals surface area contributed by atoms with Crippen molar-refractivity contribution in [3.8, 4) is 5.75 Å². The average molecular weight is 313 g/mol. The molecule has 23 heavy (non-hydrogen) atoms. The first-order valence-corrected chi connectivity index (χ1v) is 8.22. The Labute approximate surface area is 136 Å². The number of hydrogen-bond acceptors (Lipinski definition) is 3. The van der Waals surface area contributed by atoms with E-state index in [1.54, 1.807) is 13.3 Å². The molecule has 3 rings (SSSR count). The first-order chi connectivity index (χ1) is 11.3. The van der Waals surface area contributed by atoms with Crippen molar-refractivity contribution in [2.45, 2.75) is 44.6 Å². The van der Waals surface area contributed by atoms with Gasteiger partial charge in [0.1, 0.15) is 11.6 Å². The number of carbonyl (C=O) groups excluding carboxylic acids is 1. The van der Waals surface area contributed by atoms with Gasteiger partial charge in [-0.05, 0) is 37.0 Å². The Morgan fingerprint density at radius 2 is 2.17 bits per heavy atom. The van der Waals surface area contributed by atoms with Crippen LogP contribution in [0.4, 0.5) is 5.82 Å². The molecule has 122 valence electrons. The van der Waals surface area contributed by atoms with Crippen molar-refractivity contribution in [1.29, 1.82) is 0 Å². The highest BCUT2D eigenvalue weighted by Crippen LogP contribution is 2.31. The van der Waals surface area contributed by atoms with Gasteiger partial charge < -0.3 is 10.1 Å². The molecule has 1 aliphatic rings. The molecule has 1 saturated carbocycles. The molecular formula is C18H23N3O2. The van der Waals surface area contributed by atoms with Crippen LogP contribution in [0.3, 0.4) is 0 Å². The molecule has 1 heterocycles. The van der Waals surface area contributed by atoms with E-state index in [2.05, 4.69) is 10.4 Å². The number of nitrogens with one attached hydrogen (secondary N) is 1. The number of aromatic nitrogens is 2. The second-order valence-corrected chi connectivity index (χ2v) is 6.00. The molecule has 5 nitrogen and oxygen atoms in total. The highest BCUT2D eigenvalue weighted by Gasteiger charge is 2.20. The lowest BCUT2D eigenvalue weighted by molar-refractivity contribution is -0.116. The van der Waals surface area contributed by atoms with Crippen LogP contribution in [0, 0.1) is 0 Å². The third-order valence-corrected chi connectivity index (χ3v) is 4.38. The predicted octanol–water partition coefficient (Wildman–Crippen LogP) is 3.58. The maximum atomic E-state index is 12.2. The highest BCUT2D eigenvalue weighted by molar-refractivity contribution is 5.90. The zero-order valence-electron chi connectivity index (χ0n) is 13.5. The van der Waals surface area contributed by atoms with E-state index in [1.807, 2.05) is 35.0 Å². The predicted molar refractivity (Wildman–Crippen MR) is 89.7 cm³/mol. The summed E-state index contributed by atoms with van der Waals surface area (Å²) in [5.41, 5.74) is 1.10. The van der Waals surface area contributed by atoms with E-state index in [4.69, 9.17) is 4.74 Å². The smallest absolute Gasteiger partial charge is 0.225 e. The molecule has 0 bridgehead atoms. The van der Waals surface area contributed by atoms with E-state index in [1.165, 1.54) is 12.8 Å². The molecule has 0 atom stereocenters. The van der Waals surface area contributed by atoms with Gasteiger partial charge in [0.05, 0.1) is 19.3 Å². The molecule has 1 aromatic carbocycles. The lowest BCUT2D eigenvalue weighted by Gasteiger charge is -2.14. The van der Waals surface area contributed by atoms with Crippen LogP contribution in [0.25, 0.3) is 0 Å². The van der Waals surface area contributed by atoms with Gasteiger partial charge in [0, 0.05) is 12.5 Å². The van der Waals surface area contributed by atoms with Gasteiger partial charge in [0.25, 0.3) is 0 Å². The van der Waals surface area contributed by atoms with Gasteiger partial charge in [-0.25, -0.2) is 4.68 Å². The van der Waals surface area contributed by atoms with Crippen LogP contribution in [-0.2, 0) is 11.2 Å². The SMILES string of the molecule is COc1cccc(CCC(=O)Nc2ccnn2C2CCCC2)c1. The minimum Gasteiger partial charge on any atom is -0.497 e. The van der Waals surface area contributed by atoms with Gasteiger partial charge in [-0.3, -0.25) is 4.79 Å². The molecule has 0 spiro atoms. The summed E-state index contributed by atoms with van der Waals surface area (Å²) in [4.78, 5) is 12.2. The van der Waals surface area contributed by atoms with Crippen molar-refractivity contribution in [2.75, 3.05) is 12.4 Å². The maximum Gasteiger partial charge on any atom is 0.225 e. The lowest BCUT2D eigenvalue weighted by Crippen LogP contribution is -2.17. The number of rotatable bonds is 6. The summed E-state index contributed by atoms with van der Waals surface area (Å²) in [6, 6.07) is 10.1. The number of ether oxygens (including phenoxy) is 1. The van der Waals surface area contributed by atoms with E-state index in [0.29, 0.717) is 18.9 Å². The second-order valence-electron chi connectivity index (χ2n) is 6.00. The van der Waals surface area contributed by atoms with Crippen LogP contribution in [0.1, 0.15) is 43.7 Å². The summed E-state index contributed by atoms with van der Waals surface area (Å²) < 4.78 is 7.18. The Morgan fingerprint density at radius 3 is 2.96 bits per heavy atom. The van der Waals surface area contributed by atoms with Crippen molar-refractivity contribution in [3.05, 3.63) is 42.1 Å². The Kier molecular flexibility index (Phi) is 4.95. The molecule has 0 radical (unpaired) electrons. The zero-order valence-corrected chi connectivity index (χ0v) is 13.5. The molecule has 0 unspecified atom stereocenters. The number of benzene rings is 1. The average Bonchev–Trinajstić information content (AvgIpc) is 3.24. The Hall–Kier alpha value is -2.30. The fourth-order valence-corrected chi connectivity index (χ4v) is 3.14. The molecule has 0 saturated heterocycles. The van der Waals surface area contributed by atoms with Crippen molar-refractivity contribution >= 4 is 11.7 Å². The molecular weight excluding hydrogens is 290 g/mol. The van der Waals surface area contributed by atoms with Gasteiger partial charge in [-0.15, -0.1) is 0 Å². The summed E-state index contributed by atoms with van der Waals surface area (Å²) in [6.45, 7) is 0. The first-order valence-electron chi connectivity index (χ1n) is 8.22. The maximum absolute atomic E-state index is 12.2. The van der Waals surface area contributed by atoms with E-state index < -0.39 is 0 Å². The minimum absolute atomic E-state index is 0.0209. The summed E-state index contributed by atoms with van der Waals surface area (Å²) in [5.74, 6) is 1.65. The Morgan fingerprint density at radius 1 is 1.35 bits per heavy atom. The quantitative estimate of drug-likeness (QED) is 0.887. The van der Waals surface area contributed by atoms with E-state index in [9.17, 15) is 4.79 Å². The number of carbonyl (C=O) groups is 1. The number of methoxy groups -OCH3 is 1. The number of aryl methyl sites for hydroxylation is 1. The molecule has 5 heteroatoms. The third-order valence-electron chi connectivity index (χ3n) is 4.38. The lowest BCUT2D eigenvalue weighted by atomic mass is 10.1. The Balaban J connectivity index is 1.56. The fourth-order valence-electron chi connectivity index (χ4n) is 3.14. The van der Waals surface area contributed by atoms with E-state index in [0.717, 1.165) is 30.0 Å². The largest absolute Gasteiger partial charge is 0.497 e. The number of amides is 1. The van der Waals surface area contributed by atoms with Crippen LogP contribution < -0.4 is 10.1 Å². The molecule has 1 N–H and O–H groups in total. The topological polar surface area (TPSA) is 56.1 Å². The fraction of sp³-hybridized carbons (Fsp3) is 0.444. The number of anilines is 1. The van der Waals surface area contributed by atoms with Crippen LogP contribution in [0.5, 0.6) is 5.75 Å². The van der Waals surface area contributed by atoms with E-state index >= 15 is 0 Å². The first kappa shape index (κ1) is 15.6. The molecule has 1 aromatic heterocycles. The van der Waals surface area contributed by atoms with Crippen LogP contribution >= 0.6 is 0 Å². The van der Waals surface area contributed by atoms with Crippen LogP contribution in [-0.4, -0.2) is 22.8 Å². The van der Waals surface area contributed by atoms with Gasteiger partial charge >= 0.3 is 0 Å². The summed E-state index contributed by atoms with van der Waals surface area (Å²) in [7, 11) is 1.65. The van der Waals surface area contributed by atoms with Crippen molar-refractivity contribution < 1.29 is 9.53 Å². The molecule has 1 fully saturated rings. The summed E-state index contributed by atoms with van der Waals surface area (Å²) in [5, 5.41) is 7.37. The highest BCUT2D eigenvalue weighted by atomic mass is 16.5. The van der Waals surface area contributed by atoms with Crippen molar-refractivity contribution in [3.63, 3.8) is 0 Å². The summed E-state index contributed by atoms with van der Waals surface area (Å²) in [6.07, 6.45) is 7.68. The Bertz CT molecular complexity index is 660. The normalized spacial score (nSPS) is 14.8. The van der Waals surface area contributed by atoms with E-state index in [-0.39, 0.29) is 5.91 Å². The molecule has 2 aromatic rings. The van der Waals surface area contributed by atoms with Gasteiger partial charge in [0.15, 0.2) is 0 Å². The van der Waals surface area contributed by atoms with Crippen molar-refractivity contribution in [1.82, 2.24) is 9.78 Å². The van der Waals surface area contributed by atoms with Crippen LogP contribution in [0.2, 0.25) is 0 Å². The second kappa shape index (κ2) is 7.31. The standard InChI is InChI=1S/C18H23N3O2/c1-23-16-8-4-5-14(13-16)9-10-18(22)20-17-11-12-19-21(17)15-6-2-3-7-15/h4-5,8,11-13,15H,2-3,6-7,9-10H2,1H3,(H,20,22). The monoisotopic (exact) mass is 313 g/mol. The van der Waals surface area contributed by atoms with Gasteiger partial charge in [-0.2, -0.15) is 5.10 Å². The third kappa shape index (κ3) is 3.92. The van der Waals surface area contributed by atoms with Crippen molar-refractivity contribution in [2.24, 2.45) is 0 Å². The number of nitrogens with zero attached hydrogens (tertiary/aromatic N) is 2. The molecule has 1 amide bonds. The summed E-state index contributed by atoms with van der Waals surface area (Å²) >= 11 is 0. The zero-order chi connectivity index (χ0) is 16.1. The van der Waals surface area contributed by atoms with Gasteiger partial charge in [-0.1, -0.05) is 25.0 Å². The van der Waals surface area contributed by atoms with Crippen LogP contribution in [0.15, 0.2) is 36.5 Å². The van der Waals surface area contributed by atoms with Gasteiger partial charge in [0.2, 0.25) is 5.91 Å². The molecule has 0 aliphatic heterocycles. The molecule has 1 aliphatic carbocycles. The number of hydrogen-bond donors (Lipinski definition) is 1.